The molecule has 2 rings (SSSR count). The van der Waals surface area contributed by atoms with Crippen molar-refractivity contribution in [1.82, 2.24) is 0 Å². The Morgan fingerprint density at radius 2 is 1.25 bits per heavy atom. The molecule has 0 saturated heterocycles. The zero-order valence-electron chi connectivity index (χ0n) is 10.9. The van der Waals surface area contributed by atoms with E-state index < -0.39 is 0 Å². The quantitative estimate of drug-likeness (QED) is 0.486. The molecule has 0 N–H and O–H groups in total. The van der Waals surface area contributed by atoms with Gasteiger partial charge in [0, 0.05) is 0 Å². The van der Waals surface area contributed by atoms with E-state index in [0.717, 1.165) is 5.56 Å². The topological polar surface area (TPSA) is 41.8 Å². The van der Waals surface area contributed by atoms with Gasteiger partial charge in [0.15, 0.2) is 0 Å². The number of thiocarbonyl (C=S) groups is 1. The summed E-state index contributed by atoms with van der Waals surface area (Å²) in [7, 11) is 0. The van der Waals surface area contributed by atoms with Gasteiger partial charge >= 0.3 is 0 Å². The molecule has 0 radical (unpaired) electrons. The summed E-state index contributed by atoms with van der Waals surface area (Å²) in [5.74, 6) is 0. The first-order valence-electron chi connectivity index (χ1n) is 6.02. The van der Waals surface area contributed by atoms with Gasteiger partial charge in [0.1, 0.15) is 0 Å². The van der Waals surface area contributed by atoms with Crippen molar-refractivity contribution in [2.24, 2.45) is 9.98 Å². The maximum atomic E-state index is 9.69. The number of hydrogen-bond donors (Lipinski definition) is 0. The second kappa shape index (κ2) is 10.5. The fourth-order valence-electron chi connectivity index (χ4n) is 1.41. The Balaban J connectivity index is 0.000000200. The van der Waals surface area contributed by atoms with Gasteiger partial charge in [-0.3, -0.25) is 0 Å². The van der Waals surface area contributed by atoms with Crippen molar-refractivity contribution in [1.29, 1.82) is 0 Å². The van der Waals surface area contributed by atoms with E-state index in [1.807, 2.05) is 60.7 Å². The molecule has 0 fully saturated rings. The number of carbonyl (C=O) groups excluding carboxylic acids is 1. The van der Waals surface area contributed by atoms with Crippen LogP contribution >= 0.6 is 12.2 Å². The smallest absolute Gasteiger partial charge is 0.228 e. The minimum Gasteiger partial charge on any atom is -0.228 e. The average Bonchev–Trinajstić information content (AvgIpc) is 2.53. The van der Waals surface area contributed by atoms with Gasteiger partial charge in [-0.15, -0.1) is 0 Å². The minimum absolute atomic E-state index is 0.435. The van der Waals surface area contributed by atoms with Crippen LogP contribution in [0, 0.1) is 0 Å². The molecule has 0 atom stereocenters. The van der Waals surface area contributed by atoms with Crippen molar-refractivity contribution < 1.29 is 4.79 Å². The number of hydrogen-bond acceptors (Lipinski definition) is 4. The molecule has 0 unspecified atom stereocenters. The van der Waals surface area contributed by atoms with E-state index in [4.69, 9.17) is 0 Å². The Hall–Kier alpha value is -2.38. The Bertz CT molecular complexity index is 531. The van der Waals surface area contributed by atoms with Crippen molar-refractivity contribution >= 4 is 23.5 Å². The standard InChI is InChI=1S/C8H7NO.C8H7NS/c2*10-7-9-6-8-4-2-1-3-5-8/h2*1-5H,6H2. The van der Waals surface area contributed by atoms with Crippen LogP contribution in [0.1, 0.15) is 11.1 Å². The minimum atomic E-state index is 0.435. The zero-order valence-corrected chi connectivity index (χ0v) is 11.7. The lowest BCUT2D eigenvalue weighted by Gasteiger charge is -1.90. The second-order valence-corrected chi connectivity index (χ2v) is 3.97. The van der Waals surface area contributed by atoms with Gasteiger partial charge in [-0.25, -0.2) is 14.8 Å². The van der Waals surface area contributed by atoms with E-state index in [9.17, 15) is 4.79 Å². The van der Waals surface area contributed by atoms with Crippen LogP contribution in [0.5, 0.6) is 0 Å². The molecule has 2 aromatic rings. The normalized spacial score (nSPS) is 8.40. The summed E-state index contributed by atoms with van der Waals surface area (Å²) in [5, 5.41) is 2.32. The third-order valence-corrected chi connectivity index (χ3v) is 2.47. The summed E-state index contributed by atoms with van der Waals surface area (Å²) in [4.78, 5) is 16.9. The van der Waals surface area contributed by atoms with E-state index in [1.165, 1.54) is 11.6 Å². The first-order chi connectivity index (χ1) is 9.86. The molecular weight excluding hydrogens is 268 g/mol. The number of aliphatic imine (C=N–C) groups is 2. The van der Waals surface area contributed by atoms with E-state index >= 15 is 0 Å². The summed E-state index contributed by atoms with van der Waals surface area (Å²) in [6.07, 6.45) is 1.49. The second-order valence-electron chi connectivity index (χ2n) is 3.79. The first-order valence-corrected chi connectivity index (χ1v) is 6.42. The molecule has 0 spiro atoms. The Labute approximate surface area is 123 Å². The maximum Gasteiger partial charge on any atom is 0.235 e. The Morgan fingerprint density at radius 1 is 0.800 bits per heavy atom. The van der Waals surface area contributed by atoms with E-state index in [0.29, 0.717) is 13.1 Å². The van der Waals surface area contributed by atoms with Gasteiger partial charge < -0.3 is 0 Å². The van der Waals surface area contributed by atoms with Crippen molar-refractivity contribution in [2.45, 2.75) is 13.1 Å². The highest BCUT2D eigenvalue weighted by atomic mass is 32.1. The maximum absolute atomic E-state index is 9.69. The number of isocyanates is 1. The summed E-state index contributed by atoms with van der Waals surface area (Å²) in [6.45, 7) is 1.08. The molecule has 4 heteroatoms. The van der Waals surface area contributed by atoms with Crippen LogP contribution in [0.4, 0.5) is 0 Å². The van der Waals surface area contributed by atoms with Crippen molar-refractivity contribution in [3.8, 4) is 0 Å². The zero-order chi connectivity index (χ0) is 14.5. The molecule has 3 nitrogen and oxygen atoms in total. The first kappa shape index (κ1) is 15.7. The molecule has 100 valence electrons. The molecule has 2 aromatic carbocycles. The molecule has 0 heterocycles. The summed E-state index contributed by atoms with van der Waals surface area (Å²) >= 11 is 4.43. The predicted molar refractivity (Wildman–Crippen MR) is 83.4 cm³/mol. The highest BCUT2D eigenvalue weighted by molar-refractivity contribution is 7.78. The van der Waals surface area contributed by atoms with Crippen molar-refractivity contribution in [3.63, 3.8) is 0 Å². The highest BCUT2D eigenvalue weighted by Gasteiger charge is 1.85. The third-order valence-electron chi connectivity index (χ3n) is 2.34. The van der Waals surface area contributed by atoms with Crippen molar-refractivity contribution in [3.05, 3.63) is 71.8 Å². The lowest BCUT2D eigenvalue weighted by Crippen LogP contribution is -1.77. The van der Waals surface area contributed by atoms with Crippen LogP contribution in [0.3, 0.4) is 0 Å². The van der Waals surface area contributed by atoms with Crippen LogP contribution in [0.15, 0.2) is 70.6 Å². The Kier molecular flexibility index (Phi) is 8.26. The van der Waals surface area contributed by atoms with E-state index in [-0.39, 0.29) is 0 Å². The van der Waals surface area contributed by atoms with E-state index in [1.54, 1.807) is 0 Å². The van der Waals surface area contributed by atoms with E-state index in [2.05, 4.69) is 27.4 Å². The summed E-state index contributed by atoms with van der Waals surface area (Å²) in [5.41, 5.74) is 2.20. The number of nitrogens with zero attached hydrogens (tertiary/aromatic N) is 2. The van der Waals surface area contributed by atoms with Gasteiger partial charge in [0.2, 0.25) is 6.08 Å². The van der Waals surface area contributed by atoms with Crippen LogP contribution in [0.25, 0.3) is 0 Å². The van der Waals surface area contributed by atoms with Crippen molar-refractivity contribution in [2.75, 3.05) is 0 Å². The molecule has 0 aliphatic heterocycles. The lowest BCUT2D eigenvalue weighted by molar-refractivity contribution is 0.563. The largest absolute Gasteiger partial charge is 0.235 e. The van der Waals surface area contributed by atoms with Gasteiger partial charge in [-0.05, 0) is 23.3 Å². The highest BCUT2D eigenvalue weighted by Crippen LogP contribution is 1.99. The van der Waals surface area contributed by atoms with Gasteiger partial charge in [-0.2, -0.15) is 0 Å². The fraction of sp³-hybridized carbons (Fsp3) is 0.125. The number of benzene rings is 2. The Morgan fingerprint density at radius 3 is 1.65 bits per heavy atom. The molecule has 0 aliphatic rings. The number of rotatable bonds is 4. The molecule has 0 bridgehead atoms. The molecule has 0 saturated carbocycles. The fourth-order valence-corrected chi connectivity index (χ4v) is 1.48. The monoisotopic (exact) mass is 282 g/mol. The molecule has 20 heavy (non-hydrogen) atoms. The van der Waals surface area contributed by atoms with Crippen LogP contribution in [-0.2, 0) is 17.9 Å². The number of isothiocyanates is 1. The van der Waals surface area contributed by atoms with Gasteiger partial charge in [0.25, 0.3) is 0 Å². The van der Waals surface area contributed by atoms with Crippen LogP contribution in [0.2, 0.25) is 0 Å². The van der Waals surface area contributed by atoms with Gasteiger partial charge in [0.05, 0.1) is 18.3 Å². The summed E-state index contributed by atoms with van der Waals surface area (Å²) in [6, 6.07) is 19.5. The lowest BCUT2D eigenvalue weighted by atomic mass is 10.2. The third kappa shape index (κ3) is 7.14. The molecule has 0 aromatic heterocycles. The predicted octanol–water partition coefficient (Wildman–Crippen LogP) is 3.81. The molecule has 0 amide bonds. The SMILES string of the molecule is O=C=NCc1ccccc1.S=C=NCc1ccccc1. The van der Waals surface area contributed by atoms with Crippen LogP contribution in [-0.4, -0.2) is 11.2 Å². The molecular formula is C16H14N2OS. The molecule has 0 aliphatic carbocycles. The van der Waals surface area contributed by atoms with Gasteiger partial charge in [-0.1, -0.05) is 60.7 Å². The average molecular weight is 282 g/mol. The summed E-state index contributed by atoms with van der Waals surface area (Å²) < 4.78 is 0. The van der Waals surface area contributed by atoms with Crippen LogP contribution < -0.4 is 0 Å².